The van der Waals surface area contributed by atoms with Gasteiger partial charge in [0.05, 0.1) is 0 Å². The third-order valence-electron chi connectivity index (χ3n) is 2.98. The normalized spacial score (nSPS) is 14.0. The average molecular weight is 278 g/mol. The molecule has 1 unspecified atom stereocenters. The zero-order valence-electron chi connectivity index (χ0n) is 14.3. The minimum Gasteiger partial charge on any atom is -0.484 e. The molecule has 0 spiro atoms. The second-order valence-corrected chi connectivity index (χ2v) is 7.44. The van der Waals surface area contributed by atoms with Gasteiger partial charge in [-0.05, 0) is 71.6 Å². The van der Waals surface area contributed by atoms with E-state index in [9.17, 15) is 0 Å². The second kappa shape index (κ2) is 6.07. The zero-order chi connectivity index (χ0) is 15.6. The van der Waals surface area contributed by atoms with Crippen LogP contribution in [0.2, 0.25) is 0 Å². The number of hydrogen-bond donors (Lipinski definition) is 0. The van der Waals surface area contributed by atoms with Crippen molar-refractivity contribution in [1.82, 2.24) is 0 Å². The fourth-order valence-electron chi connectivity index (χ4n) is 1.89. The molecule has 0 N–H and O–H groups in total. The van der Waals surface area contributed by atoms with E-state index >= 15 is 0 Å². The molecule has 2 nitrogen and oxygen atoms in total. The first-order chi connectivity index (χ1) is 9.02. The Balaban J connectivity index is 3.16. The summed E-state index contributed by atoms with van der Waals surface area (Å²) in [5, 5.41) is 0. The van der Waals surface area contributed by atoms with E-state index in [1.807, 2.05) is 6.07 Å². The van der Waals surface area contributed by atoms with Gasteiger partial charge in [-0.15, -0.1) is 0 Å². The summed E-state index contributed by atoms with van der Waals surface area (Å²) in [6, 6.07) is 6.30. The molecule has 0 saturated carbocycles. The van der Waals surface area contributed by atoms with Crippen LogP contribution in [0.3, 0.4) is 0 Å². The van der Waals surface area contributed by atoms with Crippen LogP contribution in [0.25, 0.3) is 0 Å². The van der Waals surface area contributed by atoms with Crippen LogP contribution in [0.4, 0.5) is 0 Å². The SMILES string of the molecule is CCC(C)c1ccc(OC(C)(C)C)c(OC(C)(C)C)c1. The smallest absolute Gasteiger partial charge is 0.162 e. The molecule has 0 aromatic heterocycles. The van der Waals surface area contributed by atoms with Gasteiger partial charge in [0, 0.05) is 0 Å². The number of ether oxygens (including phenoxy) is 2. The topological polar surface area (TPSA) is 18.5 Å². The Morgan fingerprint density at radius 3 is 1.85 bits per heavy atom. The maximum absolute atomic E-state index is 6.09. The lowest BCUT2D eigenvalue weighted by Gasteiger charge is -2.28. The summed E-state index contributed by atoms with van der Waals surface area (Å²) in [5.74, 6) is 2.19. The molecule has 0 heterocycles. The van der Waals surface area contributed by atoms with Crippen LogP contribution in [0.15, 0.2) is 18.2 Å². The van der Waals surface area contributed by atoms with Gasteiger partial charge in [-0.1, -0.05) is 19.9 Å². The first-order valence-corrected chi connectivity index (χ1v) is 7.54. The predicted molar refractivity (Wildman–Crippen MR) is 85.9 cm³/mol. The Morgan fingerprint density at radius 1 is 0.900 bits per heavy atom. The lowest BCUT2D eigenvalue weighted by molar-refractivity contribution is 0.0956. The molecule has 1 aromatic rings. The average Bonchev–Trinajstić information content (AvgIpc) is 2.26. The van der Waals surface area contributed by atoms with Crippen LogP contribution < -0.4 is 9.47 Å². The van der Waals surface area contributed by atoms with E-state index in [4.69, 9.17) is 9.47 Å². The van der Waals surface area contributed by atoms with Gasteiger partial charge < -0.3 is 9.47 Å². The molecular weight excluding hydrogens is 248 g/mol. The van der Waals surface area contributed by atoms with Crippen LogP contribution in [0.5, 0.6) is 11.5 Å². The molecule has 0 amide bonds. The number of benzene rings is 1. The van der Waals surface area contributed by atoms with Gasteiger partial charge in [-0.3, -0.25) is 0 Å². The third kappa shape index (κ3) is 5.44. The van der Waals surface area contributed by atoms with E-state index in [2.05, 4.69) is 67.5 Å². The molecule has 0 bridgehead atoms. The monoisotopic (exact) mass is 278 g/mol. The summed E-state index contributed by atoms with van der Waals surface area (Å²) < 4.78 is 12.1. The minimum atomic E-state index is -0.232. The van der Waals surface area contributed by atoms with Crippen molar-refractivity contribution >= 4 is 0 Å². The molecule has 20 heavy (non-hydrogen) atoms. The molecule has 114 valence electrons. The quantitative estimate of drug-likeness (QED) is 0.718. The third-order valence-corrected chi connectivity index (χ3v) is 2.98. The first kappa shape index (κ1) is 16.9. The van der Waals surface area contributed by atoms with Gasteiger partial charge in [0.15, 0.2) is 11.5 Å². The van der Waals surface area contributed by atoms with Gasteiger partial charge in [0.1, 0.15) is 11.2 Å². The van der Waals surface area contributed by atoms with Crippen LogP contribution >= 0.6 is 0 Å². The highest BCUT2D eigenvalue weighted by atomic mass is 16.5. The molecule has 0 aliphatic carbocycles. The molecule has 2 heteroatoms. The Hall–Kier alpha value is -1.18. The van der Waals surface area contributed by atoms with Crippen molar-refractivity contribution in [3.05, 3.63) is 23.8 Å². The van der Waals surface area contributed by atoms with Crippen molar-refractivity contribution in [1.29, 1.82) is 0 Å². The maximum atomic E-state index is 6.09. The van der Waals surface area contributed by atoms with E-state index in [-0.39, 0.29) is 11.2 Å². The summed E-state index contributed by atoms with van der Waals surface area (Å²) in [7, 11) is 0. The summed E-state index contributed by atoms with van der Waals surface area (Å²) in [6.07, 6.45) is 1.12. The fourth-order valence-corrected chi connectivity index (χ4v) is 1.89. The first-order valence-electron chi connectivity index (χ1n) is 7.54. The second-order valence-electron chi connectivity index (χ2n) is 7.44. The van der Waals surface area contributed by atoms with Crippen molar-refractivity contribution in [2.75, 3.05) is 0 Å². The van der Waals surface area contributed by atoms with E-state index in [0.717, 1.165) is 17.9 Å². The van der Waals surface area contributed by atoms with Gasteiger partial charge in [0.25, 0.3) is 0 Å². The van der Waals surface area contributed by atoms with Gasteiger partial charge in [0.2, 0.25) is 0 Å². The standard InChI is InChI=1S/C18H30O2/c1-9-13(2)14-10-11-15(19-17(3,4)5)16(12-14)20-18(6,7)8/h10-13H,9H2,1-8H3. The van der Waals surface area contributed by atoms with Crippen LogP contribution in [0, 0.1) is 0 Å². The summed E-state index contributed by atoms with van der Waals surface area (Å²) >= 11 is 0. The fraction of sp³-hybridized carbons (Fsp3) is 0.667. The Kier molecular flexibility index (Phi) is 5.12. The van der Waals surface area contributed by atoms with Crippen molar-refractivity contribution in [2.45, 2.75) is 78.9 Å². The number of rotatable bonds is 4. The van der Waals surface area contributed by atoms with Crippen molar-refractivity contribution in [2.24, 2.45) is 0 Å². The largest absolute Gasteiger partial charge is 0.484 e. The Morgan fingerprint density at radius 2 is 1.40 bits per heavy atom. The molecule has 0 aliphatic rings. The highest BCUT2D eigenvalue weighted by molar-refractivity contribution is 5.44. The summed E-state index contributed by atoms with van der Waals surface area (Å²) in [5.41, 5.74) is 0.839. The van der Waals surface area contributed by atoms with E-state index in [1.54, 1.807) is 0 Å². The Labute approximate surface area is 124 Å². The van der Waals surface area contributed by atoms with Crippen LogP contribution in [-0.2, 0) is 0 Å². The molecule has 1 aromatic carbocycles. The minimum absolute atomic E-state index is 0.228. The van der Waals surface area contributed by atoms with Gasteiger partial charge in [-0.2, -0.15) is 0 Å². The summed E-state index contributed by atoms with van der Waals surface area (Å²) in [4.78, 5) is 0. The van der Waals surface area contributed by atoms with Crippen LogP contribution in [-0.4, -0.2) is 11.2 Å². The zero-order valence-corrected chi connectivity index (χ0v) is 14.3. The predicted octanol–water partition coefficient (Wildman–Crippen LogP) is 5.55. The van der Waals surface area contributed by atoms with Crippen molar-refractivity contribution in [3.63, 3.8) is 0 Å². The highest BCUT2D eigenvalue weighted by Gasteiger charge is 2.20. The molecular formula is C18H30O2. The van der Waals surface area contributed by atoms with Crippen molar-refractivity contribution in [3.8, 4) is 11.5 Å². The lowest BCUT2D eigenvalue weighted by atomic mass is 9.98. The molecule has 1 atom stereocenters. The van der Waals surface area contributed by atoms with Crippen molar-refractivity contribution < 1.29 is 9.47 Å². The van der Waals surface area contributed by atoms with Crippen LogP contribution in [0.1, 0.15) is 73.3 Å². The number of hydrogen-bond acceptors (Lipinski definition) is 2. The molecule has 1 rings (SSSR count). The van der Waals surface area contributed by atoms with E-state index in [0.29, 0.717) is 5.92 Å². The Bertz CT molecular complexity index is 436. The van der Waals surface area contributed by atoms with E-state index in [1.165, 1.54) is 5.56 Å². The molecule has 0 aliphatic heterocycles. The maximum Gasteiger partial charge on any atom is 0.162 e. The highest BCUT2D eigenvalue weighted by Crippen LogP contribution is 2.36. The van der Waals surface area contributed by atoms with E-state index < -0.39 is 0 Å². The molecule has 0 saturated heterocycles. The molecule has 0 fully saturated rings. The van der Waals surface area contributed by atoms with Gasteiger partial charge >= 0.3 is 0 Å². The molecule has 0 radical (unpaired) electrons. The summed E-state index contributed by atoms with van der Waals surface area (Å²) in [6.45, 7) is 16.8. The van der Waals surface area contributed by atoms with Gasteiger partial charge in [-0.25, -0.2) is 0 Å². The lowest BCUT2D eigenvalue weighted by Crippen LogP contribution is -2.26.